The molecule has 1 amide bonds. The number of nitrogens with zero attached hydrogens (tertiary/aromatic N) is 5. The van der Waals surface area contributed by atoms with Gasteiger partial charge >= 0.3 is 0 Å². The van der Waals surface area contributed by atoms with Crippen molar-refractivity contribution in [3.63, 3.8) is 0 Å². The Labute approximate surface area is 164 Å². The fourth-order valence-electron chi connectivity index (χ4n) is 4.22. The number of anilines is 3. The Bertz CT molecular complexity index is 958. The van der Waals surface area contributed by atoms with Crippen molar-refractivity contribution in [3.8, 4) is 6.07 Å². The average molecular weight is 374 g/mol. The van der Waals surface area contributed by atoms with Gasteiger partial charge < -0.3 is 10.2 Å². The number of rotatable bonds is 4. The van der Waals surface area contributed by atoms with Gasteiger partial charge in [-0.2, -0.15) is 5.26 Å². The van der Waals surface area contributed by atoms with E-state index in [0.29, 0.717) is 23.8 Å². The van der Waals surface area contributed by atoms with Gasteiger partial charge in [0.25, 0.3) is 5.91 Å². The maximum absolute atomic E-state index is 12.9. The molecular weight excluding hydrogens is 352 g/mol. The van der Waals surface area contributed by atoms with Crippen molar-refractivity contribution >= 4 is 23.2 Å². The second-order valence-electron chi connectivity index (χ2n) is 7.69. The molecule has 7 nitrogen and oxygen atoms in total. The number of pyridine rings is 2. The van der Waals surface area contributed by atoms with Crippen LogP contribution in [0, 0.1) is 11.3 Å². The minimum absolute atomic E-state index is 0.170. The molecule has 1 aliphatic carbocycles. The summed E-state index contributed by atoms with van der Waals surface area (Å²) in [5, 5.41) is 12.8. The molecule has 0 aromatic carbocycles. The number of amides is 1. The summed E-state index contributed by atoms with van der Waals surface area (Å²) in [7, 11) is 0. The molecule has 4 heterocycles. The average Bonchev–Trinajstić information content (AvgIpc) is 3.42. The Hall–Kier alpha value is -2.98. The Morgan fingerprint density at radius 3 is 2.71 bits per heavy atom. The van der Waals surface area contributed by atoms with E-state index in [9.17, 15) is 10.1 Å². The van der Waals surface area contributed by atoms with Gasteiger partial charge in [-0.25, -0.2) is 9.97 Å². The van der Waals surface area contributed by atoms with Gasteiger partial charge in [-0.05, 0) is 62.5 Å². The van der Waals surface area contributed by atoms with Gasteiger partial charge in [-0.1, -0.05) is 0 Å². The van der Waals surface area contributed by atoms with Gasteiger partial charge in [0.1, 0.15) is 11.9 Å². The minimum Gasteiger partial charge on any atom is -0.318 e. The third kappa shape index (κ3) is 2.90. The number of nitriles is 1. The van der Waals surface area contributed by atoms with Crippen LogP contribution in [-0.2, 0) is 6.42 Å². The summed E-state index contributed by atoms with van der Waals surface area (Å²) in [6, 6.07) is 8.09. The van der Waals surface area contributed by atoms with Crippen LogP contribution in [0.4, 0.5) is 17.3 Å². The zero-order chi connectivity index (χ0) is 19.1. The summed E-state index contributed by atoms with van der Waals surface area (Å²) in [4.78, 5) is 26.4. The number of carbonyl (C=O) groups is 1. The summed E-state index contributed by atoms with van der Waals surface area (Å²) in [6.45, 7) is 1.92. The van der Waals surface area contributed by atoms with Crippen LogP contribution >= 0.6 is 0 Å². The first-order valence-electron chi connectivity index (χ1n) is 9.93. The molecule has 2 aromatic heterocycles. The first-order chi connectivity index (χ1) is 13.8. The monoisotopic (exact) mass is 374 g/mol. The summed E-state index contributed by atoms with van der Waals surface area (Å²) in [5.41, 5.74) is 2.24. The van der Waals surface area contributed by atoms with E-state index in [2.05, 4.69) is 31.2 Å². The number of carbonyl (C=O) groups excluding carboxylic acids is 1. The van der Waals surface area contributed by atoms with Crippen LogP contribution in [0.25, 0.3) is 0 Å². The SMILES string of the molecule is N#CC(Cc1ccnc2c1NC(=O)c1cccnc1N2C1CC1)N1CCCC1. The molecule has 1 atom stereocenters. The molecular formula is C21H22N6O. The highest BCUT2D eigenvalue weighted by molar-refractivity contribution is 6.12. The number of aromatic nitrogens is 2. The van der Waals surface area contributed by atoms with Crippen molar-refractivity contribution in [2.45, 2.75) is 44.2 Å². The lowest BCUT2D eigenvalue weighted by molar-refractivity contribution is 0.102. The minimum atomic E-state index is -0.191. The molecule has 1 saturated heterocycles. The molecule has 1 N–H and O–H groups in total. The molecule has 2 aliphatic heterocycles. The first-order valence-corrected chi connectivity index (χ1v) is 9.93. The highest BCUT2D eigenvalue weighted by Gasteiger charge is 2.38. The van der Waals surface area contributed by atoms with Crippen molar-refractivity contribution in [2.75, 3.05) is 23.3 Å². The van der Waals surface area contributed by atoms with Crippen molar-refractivity contribution in [3.05, 3.63) is 41.7 Å². The maximum Gasteiger partial charge on any atom is 0.259 e. The third-order valence-electron chi connectivity index (χ3n) is 5.80. The predicted molar refractivity (Wildman–Crippen MR) is 106 cm³/mol. The molecule has 2 fully saturated rings. The predicted octanol–water partition coefficient (Wildman–Crippen LogP) is 2.87. The van der Waals surface area contributed by atoms with E-state index in [1.165, 1.54) is 0 Å². The van der Waals surface area contributed by atoms with Crippen molar-refractivity contribution in [1.29, 1.82) is 5.26 Å². The van der Waals surface area contributed by atoms with E-state index in [1.54, 1.807) is 24.5 Å². The van der Waals surface area contributed by atoms with E-state index in [-0.39, 0.29) is 11.9 Å². The molecule has 2 aromatic rings. The van der Waals surface area contributed by atoms with Crippen LogP contribution in [0.5, 0.6) is 0 Å². The number of fused-ring (bicyclic) bond motifs is 2. The zero-order valence-corrected chi connectivity index (χ0v) is 15.6. The highest BCUT2D eigenvalue weighted by atomic mass is 16.1. The molecule has 0 radical (unpaired) electrons. The lowest BCUT2D eigenvalue weighted by atomic mass is 10.0. The number of nitrogens with one attached hydrogen (secondary N) is 1. The molecule has 7 heteroatoms. The van der Waals surface area contributed by atoms with Crippen LogP contribution < -0.4 is 10.2 Å². The van der Waals surface area contributed by atoms with E-state index in [4.69, 9.17) is 0 Å². The molecule has 1 saturated carbocycles. The van der Waals surface area contributed by atoms with Crippen molar-refractivity contribution < 1.29 is 4.79 Å². The van der Waals surface area contributed by atoms with Crippen LogP contribution in [0.15, 0.2) is 30.6 Å². The van der Waals surface area contributed by atoms with E-state index in [1.807, 2.05) is 6.07 Å². The number of hydrogen-bond acceptors (Lipinski definition) is 6. The normalized spacial score (nSPS) is 20.0. The summed E-state index contributed by atoms with van der Waals surface area (Å²) in [6.07, 6.45) is 8.47. The van der Waals surface area contributed by atoms with E-state index < -0.39 is 0 Å². The summed E-state index contributed by atoms with van der Waals surface area (Å²) in [5.74, 6) is 1.24. The lowest BCUT2D eigenvalue weighted by Gasteiger charge is -2.26. The summed E-state index contributed by atoms with van der Waals surface area (Å²) >= 11 is 0. The first kappa shape index (κ1) is 17.1. The zero-order valence-electron chi connectivity index (χ0n) is 15.6. The van der Waals surface area contributed by atoms with Crippen molar-refractivity contribution in [1.82, 2.24) is 14.9 Å². The van der Waals surface area contributed by atoms with Gasteiger partial charge in [0, 0.05) is 24.9 Å². The number of likely N-dealkylation sites (tertiary alicyclic amines) is 1. The van der Waals surface area contributed by atoms with Gasteiger partial charge in [0.15, 0.2) is 5.82 Å². The quantitative estimate of drug-likeness (QED) is 0.886. The van der Waals surface area contributed by atoms with Crippen LogP contribution in [0.1, 0.15) is 41.6 Å². The van der Waals surface area contributed by atoms with Gasteiger partial charge in [-0.15, -0.1) is 0 Å². The Kier molecular flexibility index (Phi) is 4.21. The van der Waals surface area contributed by atoms with Gasteiger partial charge in [0.2, 0.25) is 0 Å². The van der Waals surface area contributed by atoms with E-state index >= 15 is 0 Å². The Morgan fingerprint density at radius 1 is 1.18 bits per heavy atom. The van der Waals surface area contributed by atoms with Crippen LogP contribution in [0.2, 0.25) is 0 Å². The lowest BCUT2D eigenvalue weighted by Crippen LogP contribution is -2.33. The second kappa shape index (κ2) is 6.88. The van der Waals surface area contributed by atoms with Crippen LogP contribution in [0.3, 0.4) is 0 Å². The maximum atomic E-state index is 12.9. The molecule has 1 unspecified atom stereocenters. The smallest absolute Gasteiger partial charge is 0.259 e. The fraction of sp³-hybridized carbons (Fsp3) is 0.429. The van der Waals surface area contributed by atoms with Gasteiger partial charge in [0.05, 0.1) is 17.3 Å². The van der Waals surface area contributed by atoms with Crippen LogP contribution in [-0.4, -0.2) is 45.9 Å². The molecule has 3 aliphatic rings. The fourth-order valence-corrected chi connectivity index (χ4v) is 4.22. The second-order valence-corrected chi connectivity index (χ2v) is 7.69. The van der Waals surface area contributed by atoms with Gasteiger partial charge in [-0.3, -0.25) is 9.69 Å². The molecule has 142 valence electrons. The van der Waals surface area contributed by atoms with E-state index in [0.717, 1.165) is 55.8 Å². The molecule has 0 bridgehead atoms. The molecule has 0 spiro atoms. The van der Waals surface area contributed by atoms with Crippen molar-refractivity contribution in [2.24, 2.45) is 0 Å². The number of hydrogen-bond donors (Lipinski definition) is 1. The topological polar surface area (TPSA) is 85.1 Å². The highest BCUT2D eigenvalue weighted by Crippen LogP contribution is 2.44. The molecule has 5 rings (SSSR count). The summed E-state index contributed by atoms with van der Waals surface area (Å²) < 4.78 is 0. The Balaban J connectivity index is 1.57. The standard InChI is InChI=1S/C21H22N6O/c22-13-16(26-10-1-2-11-26)12-14-7-9-24-20-18(14)25-21(28)17-4-3-8-23-19(17)27(20)15-5-6-15/h3-4,7-9,15-16H,1-2,5-6,10-12H2,(H,25,28). The third-order valence-corrected chi connectivity index (χ3v) is 5.80. The Morgan fingerprint density at radius 2 is 1.96 bits per heavy atom. The molecule has 28 heavy (non-hydrogen) atoms. The largest absolute Gasteiger partial charge is 0.318 e.